The molecule has 1 heterocycles. The molecule has 0 radical (unpaired) electrons. The molecule has 0 saturated carbocycles. The zero-order chi connectivity index (χ0) is 22.8. The lowest BCUT2D eigenvalue weighted by atomic mass is 10.0. The van der Waals surface area contributed by atoms with E-state index >= 15 is 0 Å². The zero-order valence-electron chi connectivity index (χ0n) is 18.8. The molecule has 0 saturated heterocycles. The third kappa shape index (κ3) is 7.10. The van der Waals surface area contributed by atoms with Crippen LogP contribution in [0.1, 0.15) is 38.1 Å². The van der Waals surface area contributed by atoms with Crippen molar-refractivity contribution in [3.8, 4) is 5.75 Å². The molecule has 0 spiro atoms. The van der Waals surface area contributed by atoms with Crippen molar-refractivity contribution < 1.29 is 14.3 Å². The Kier molecular flexibility index (Phi) is 9.52. The summed E-state index contributed by atoms with van der Waals surface area (Å²) >= 11 is 1.52. The molecule has 1 aromatic carbocycles. The predicted molar refractivity (Wildman–Crippen MR) is 127 cm³/mol. The molecule has 0 aliphatic rings. The van der Waals surface area contributed by atoms with E-state index in [0.717, 1.165) is 29.2 Å². The van der Waals surface area contributed by atoms with Gasteiger partial charge in [0.25, 0.3) is 5.91 Å². The number of hydrazone groups is 1. The summed E-state index contributed by atoms with van der Waals surface area (Å²) in [6, 6.07) is 9.00. The number of thiophene rings is 1. The Hall–Kier alpha value is -2.87. The Balaban J connectivity index is 2.02. The van der Waals surface area contributed by atoms with Gasteiger partial charge in [0.05, 0.1) is 19.7 Å². The van der Waals surface area contributed by atoms with Gasteiger partial charge in [-0.1, -0.05) is 19.9 Å². The fraction of sp³-hybridized carbons (Fsp3) is 0.435. The van der Waals surface area contributed by atoms with Crippen molar-refractivity contribution in [2.24, 2.45) is 11.0 Å². The minimum atomic E-state index is -0.670. The van der Waals surface area contributed by atoms with Gasteiger partial charge in [-0.15, -0.1) is 11.3 Å². The normalized spacial score (nSPS) is 12.1. The quantitative estimate of drug-likeness (QED) is 0.411. The molecule has 0 aliphatic carbocycles. The van der Waals surface area contributed by atoms with E-state index in [-0.39, 0.29) is 24.2 Å². The lowest BCUT2D eigenvalue weighted by Gasteiger charge is -2.22. The van der Waals surface area contributed by atoms with E-state index in [2.05, 4.69) is 34.6 Å². The minimum Gasteiger partial charge on any atom is -0.496 e. The number of nitrogens with zero attached hydrogens (tertiary/aromatic N) is 2. The molecule has 2 aromatic rings. The SMILES string of the molecule is CCN(CC)c1ccc(/C=N/NC(=O)[C@@H](NC(=O)Cc2cccs2)C(C)C)c(OC)c1. The average molecular weight is 445 g/mol. The van der Waals surface area contributed by atoms with Gasteiger partial charge in [-0.25, -0.2) is 5.43 Å². The van der Waals surface area contributed by atoms with E-state index < -0.39 is 6.04 Å². The molecule has 2 N–H and O–H groups in total. The monoisotopic (exact) mass is 444 g/mol. The second-order valence-electron chi connectivity index (χ2n) is 7.38. The molecule has 31 heavy (non-hydrogen) atoms. The third-order valence-corrected chi connectivity index (χ3v) is 5.78. The number of hydrogen-bond acceptors (Lipinski definition) is 6. The number of benzene rings is 1. The molecule has 0 fully saturated rings. The highest BCUT2D eigenvalue weighted by molar-refractivity contribution is 7.10. The van der Waals surface area contributed by atoms with Crippen LogP contribution in [0, 0.1) is 5.92 Å². The first-order valence-corrected chi connectivity index (χ1v) is 11.3. The molecule has 8 heteroatoms. The summed E-state index contributed by atoms with van der Waals surface area (Å²) in [5, 5.41) is 8.82. The van der Waals surface area contributed by atoms with Gasteiger partial charge in [0.15, 0.2) is 0 Å². The first-order chi connectivity index (χ1) is 14.9. The molecule has 2 rings (SSSR count). The van der Waals surface area contributed by atoms with Crippen molar-refractivity contribution in [3.05, 3.63) is 46.2 Å². The van der Waals surface area contributed by atoms with E-state index in [1.165, 1.54) is 11.3 Å². The van der Waals surface area contributed by atoms with Crippen LogP contribution in [0.25, 0.3) is 0 Å². The van der Waals surface area contributed by atoms with Crippen molar-refractivity contribution in [3.63, 3.8) is 0 Å². The molecular formula is C23H32N4O3S. The van der Waals surface area contributed by atoms with Crippen LogP contribution in [0.2, 0.25) is 0 Å². The van der Waals surface area contributed by atoms with Crippen LogP contribution in [0.4, 0.5) is 5.69 Å². The number of carbonyl (C=O) groups excluding carboxylic acids is 2. The minimum absolute atomic E-state index is 0.0784. The Morgan fingerprint density at radius 2 is 1.97 bits per heavy atom. The Morgan fingerprint density at radius 3 is 2.55 bits per heavy atom. The summed E-state index contributed by atoms with van der Waals surface area (Å²) in [5.74, 6) is 0.0517. The van der Waals surface area contributed by atoms with Crippen LogP contribution >= 0.6 is 11.3 Å². The van der Waals surface area contributed by atoms with Gasteiger partial charge in [-0.05, 0) is 43.3 Å². The van der Waals surface area contributed by atoms with Gasteiger partial charge in [-0.2, -0.15) is 5.10 Å². The standard InChI is InChI=1S/C23H32N4O3S/c1-6-27(7-2)18-11-10-17(20(13-18)30-5)15-24-26-23(29)22(16(3)4)25-21(28)14-19-9-8-12-31-19/h8-13,15-16,22H,6-7,14H2,1-5H3,(H,25,28)(H,26,29)/b24-15+/t22-/m0/s1. The number of anilines is 1. The van der Waals surface area contributed by atoms with Crippen LogP contribution in [0.5, 0.6) is 5.75 Å². The number of nitrogens with one attached hydrogen (secondary N) is 2. The number of rotatable bonds is 11. The zero-order valence-corrected chi connectivity index (χ0v) is 19.7. The summed E-state index contributed by atoms with van der Waals surface area (Å²) in [6.07, 6.45) is 1.81. The Labute approximate surface area is 188 Å². The second-order valence-corrected chi connectivity index (χ2v) is 8.41. The van der Waals surface area contributed by atoms with Gasteiger partial charge in [-0.3, -0.25) is 9.59 Å². The van der Waals surface area contributed by atoms with Gasteiger partial charge in [0, 0.05) is 35.3 Å². The molecule has 168 valence electrons. The van der Waals surface area contributed by atoms with Crippen LogP contribution in [-0.2, 0) is 16.0 Å². The molecule has 2 amide bonds. The largest absolute Gasteiger partial charge is 0.496 e. The van der Waals surface area contributed by atoms with Gasteiger partial charge < -0.3 is 15.0 Å². The molecular weight excluding hydrogens is 412 g/mol. The maximum absolute atomic E-state index is 12.6. The first-order valence-electron chi connectivity index (χ1n) is 10.5. The lowest BCUT2D eigenvalue weighted by Crippen LogP contribution is -2.49. The number of hydrogen-bond donors (Lipinski definition) is 2. The highest BCUT2D eigenvalue weighted by Crippen LogP contribution is 2.24. The van der Waals surface area contributed by atoms with Gasteiger partial charge >= 0.3 is 0 Å². The maximum Gasteiger partial charge on any atom is 0.262 e. The van der Waals surface area contributed by atoms with Crippen molar-refractivity contribution in [2.45, 2.75) is 40.2 Å². The summed E-state index contributed by atoms with van der Waals surface area (Å²) in [5.41, 5.74) is 4.36. The topological polar surface area (TPSA) is 83.0 Å². The average Bonchev–Trinajstić information content (AvgIpc) is 3.26. The van der Waals surface area contributed by atoms with E-state index in [1.54, 1.807) is 13.3 Å². The summed E-state index contributed by atoms with van der Waals surface area (Å²) in [7, 11) is 1.61. The van der Waals surface area contributed by atoms with Crippen molar-refractivity contribution >= 4 is 35.1 Å². The molecule has 0 aliphatic heterocycles. The van der Waals surface area contributed by atoms with Gasteiger partial charge in [0.2, 0.25) is 5.91 Å². The molecule has 0 bridgehead atoms. The van der Waals surface area contributed by atoms with Crippen LogP contribution in [0.15, 0.2) is 40.8 Å². The van der Waals surface area contributed by atoms with Gasteiger partial charge in [0.1, 0.15) is 11.8 Å². The molecule has 1 aromatic heterocycles. The predicted octanol–water partition coefficient (Wildman–Crippen LogP) is 3.44. The first kappa shape index (κ1) is 24.4. The summed E-state index contributed by atoms with van der Waals surface area (Å²) in [6.45, 7) is 9.77. The van der Waals surface area contributed by atoms with Crippen LogP contribution in [0.3, 0.4) is 0 Å². The summed E-state index contributed by atoms with van der Waals surface area (Å²) < 4.78 is 5.48. The maximum atomic E-state index is 12.6. The van der Waals surface area contributed by atoms with E-state index in [1.807, 2.05) is 49.6 Å². The number of ether oxygens (including phenoxy) is 1. The lowest BCUT2D eigenvalue weighted by molar-refractivity contribution is -0.129. The van der Waals surface area contributed by atoms with Crippen LogP contribution < -0.4 is 20.4 Å². The fourth-order valence-electron chi connectivity index (χ4n) is 3.16. The Morgan fingerprint density at radius 1 is 1.23 bits per heavy atom. The van der Waals surface area contributed by atoms with Crippen molar-refractivity contribution in [1.82, 2.24) is 10.7 Å². The van der Waals surface area contributed by atoms with E-state index in [9.17, 15) is 9.59 Å². The highest BCUT2D eigenvalue weighted by atomic mass is 32.1. The summed E-state index contributed by atoms with van der Waals surface area (Å²) in [4.78, 5) is 28.1. The molecule has 1 atom stereocenters. The van der Waals surface area contributed by atoms with E-state index in [4.69, 9.17) is 4.74 Å². The fourth-order valence-corrected chi connectivity index (χ4v) is 3.86. The van der Waals surface area contributed by atoms with Crippen molar-refractivity contribution in [1.29, 1.82) is 0 Å². The number of methoxy groups -OCH3 is 1. The third-order valence-electron chi connectivity index (χ3n) is 4.90. The second kappa shape index (κ2) is 12.1. The smallest absolute Gasteiger partial charge is 0.262 e. The van der Waals surface area contributed by atoms with Crippen LogP contribution in [-0.4, -0.2) is 44.3 Å². The number of carbonyl (C=O) groups is 2. The van der Waals surface area contributed by atoms with E-state index in [0.29, 0.717) is 5.75 Å². The highest BCUT2D eigenvalue weighted by Gasteiger charge is 2.24. The van der Waals surface area contributed by atoms with Crippen molar-refractivity contribution in [2.75, 3.05) is 25.1 Å². The Bertz CT molecular complexity index is 877. The molecule has 7 nitrogen and oxygen atoms in total. The number of amides is 2. The molecule has 0 unspecified atom stereocenters.